The highest BCUT2D eigenvalue weighted by atomic mass is 16.5. The van der Waals surface area contributed by atoms with Crippen LogP contribution in [0.1, 0.15) is 50.5 Å². The minimum Gasteiger partial charge on any atom is -0.385 e. The Morgan fingerprint density at radius 3 is 2.62 bits per heavy atom. The van der Waals surface area contributed by atoms with E-state index in [9.17, 15) is 14.4 Å². The maximum atomic E-state index is 13.6. The van der Waals surface area contributed by atoms with Gasteiger partial charge in [0.05, 0.1) is 11.5 Å². The van der Waals surface area contributed by atoms with Gasteiger partial charge in [0.25, 0.3) is 0 Å². The molecular weight excluding hydrogens is 408 g/mol. The van der Waals surface area contributed by atoms with Gasteiger partial charge in [0.15, 0.2) is 0 Å². The lowest BCUT2D eigenvalue weighted by atomic mass is 9.75. The highest BCUT2D eigenvalue weighted by Crippen LogP contribution is 2.41. The van der Waals surface area contributed by atoms with Crippen LogP contribution in [0, 0.1) is 5.92 Å². The third-order valence-electron chi connectivity index (χ3n) is 6.89. The predicted octanol–water partition coefficient (Wildman–Crippen LogP) is 2.53. The quantitative estimate of drug-likeness (QED) is 0.389. The standard InChI is InChI=1S/C25H34N2O5/c1-31-13-6-12-27-23(29)16-25(24(27)30,20-7-3-2-4-8-20)15-22(28)26(17-19-10-11-19)18-21-9-5-14-32-21/h2-4,7-8,19,21H,5-6,9-18H2,1H3/t21-,25-/m0/s1. The van der Waals surface area contributed by atoms with Crippen molar-refractivity contribution in [2.45, 2.75) is 56.5 Å². The Bertz CT molecular complexity index is 819. The number of benzene rings is 1. The molecule has 2 heterocycles. The average Bonchev–Trinajstić information content (AvgIpc) is 3.40. The van der Waals surface area contributed by atoms with Gasteiger partial charge in [0.1, 0.15) is 0 Å². The minimum absolute atomic E-state index is 0.0157. The lowest BCUT2D eigenvalue weighted by molar-refractivity contribution is -0.143. The monoisotopic (exact) mass is 442 g/mol. The van der Waals surface area contributed by atoms with Crippen molar-refractivity contribution in [1.29, 1.82) is 0 Å². The molecule has 1 aliphatic carbocycles. The molecule has 0 unspecified atom stereocenters. The number of amides is 3. The molecule has 1 aromatic rings. The first-order valence-corrected chi connectivity index (χ1v) is 11.8. The van der Waals surface area contributed by atoms with E-state index in [0.717, 1.165) is 37.9 Å². The second kappa shape index (κ2) is 10.1. The normalized spacial score (nSPS) is 25.5. The molecule has 2 saturated heterocycles. The van der Waals surface area contributed by atoms with E-state index in [1.807, 2.05) is 35.2 Å². The Morgan fingerprint density at radius 2 is 1.97 bits per heavy atom. The number of nitrogens with zero attached hydrogens (tertiary/aromatic N) is 2. The second-order valence-electron chi connectivity index (χ2n) is 9.38. The second-order valence-corrected chi connectivity index (χ2v) is 9.38. The van der Waals surface area contributed by atoms with E-state index in [4.69, 9.17) is 9.47 Å². The number of rotatable bonds is 11. The molecule has 32 heavy (non-hydrogen) atoms. The fraction of sp³-hybridized carbons (Fsp3) is 0.640. The van der Waals surface area contributed by atoms with Gasteiger partial charge in [-0.25, -0.2) is 0 Å². The Hall–Kier alpha value is -2.25. The van der Waals surface area contributed by atoms with Crippen LogP contribution in [-0.4, -0.2) is 73.6 Å². The van der Waals surface area contributed by atoms with Gasteiger partial charge < -0.3 is 14.4 Å². The van der Waals surface area contributed by atoms with Gasteiger partial charge in [-0.1, -0.05) is 30.3 Å². The highest BCUT2D eigenvalue weighted by molar-refractivity contribution is 6.10. The molecule has 3 fully saturated rings. The zero-order chi connectivity index (χ0) is 22.6. The summed E-state index contributed by atoms with van der Waals surface area (Å²) in [6.07, 6.45) is 4.97. The van der Waals surface area contributed by atoms with Crippen LogP contribution >= 0.6 is 0 Å². The van der Waals surface area contributed by atoms with E-state index in [2.05, 4.69) is 0 Å². The number of hydrogen-bond acceptors (Lipinski definition) is 5. The molecule has 3 aliphatic rings. The van der Waals surface area contributed by atoms with Crippen molar-refractivity contribution in [3.63, 3.8) is 0 Å². The van der Waals surface area contributed by atoms with E-state index in [-0.39, 0.29) is 36.7 Å². The zero-order valence-electron chi connectivity index (χ0n) is 19.0. The Kier molecular flexibility index (Phi) is 7.26. The van der Waals surface area contributed by atoms with E-state index >= 15 is 0 Å². The first kappa shape index (κ1) is 22.9. The van der Waals surface area contributed by atoms with Gasteiger partial charge in [-0.05, 0) is 43.6 Å². The highest BCUT2D eigenvalue weighted by Gasteiger charge is 2.54. The molecule has 4 rings (SSSR count). The summed E-state index contributed by atoms with van der Waals surface area (Å²) in [6, 6.07) is 9.33. The van der Waals surface area contributed by atoms with Crippen molar-refractivity contribution < 1.29 is 23.9 Å². The minimum atomic E-state index is -1.14. The lowest BCUT2D eigenvalue weighted by Gasteiger charge is -2.32. The Balaban J connectivity index is 1.57. The topological polar surface area (TPSA) is 76.2 Å². The molecule has 0 spiro atoms. The van der Waals surface area contributed by atoms with Crippen LogP contribution < -0.4 is 0 Å². The number of hydrogen-bond donors (Lipinski definition) is 0. The molecule has 0 bridgehead atoms. The third kappa shape index (κ3) is 5.04. The average molecular weight is 443 g/mol. The van der Waals surface area contributed by atoms with Crippen molar-refractivity contribution in [1.82, 2.24) is 9.80 Å². The predicted molar refractivity (Wildman–Crippen MR) is 119 cm³/mol. The molecular formula is C25H34N2O5. The third-order valence-corrected chi connectivity index (χ3v) is 6.89. The van der Waals surface area contributed by atoms with Gasteiger partial charge in [0, 0.05) is 52.8 Å². The Morgan fingerprint density at radius 1 is 1.19 bits per heavy atom. The van der Waals surface area contributed by atoms with Crippen LogP contribution in [0.4, 0.5) is 0 Å². The number of likely N-dealkylation sites (tertiary alicyclic amines) is 1. The van der Waals surface area contributed by atoms with Crippen LogP contribution in [0.15, 0.2) is 30.3 Å². The van der Waals surface area contributed by atoms with Crippen molar-refractivity contribution in [3.05, 3.63) is 35.9 Å². The summed E-state index contributed by atoms with van der Waals surface area (Å²) in [5, 5.41) is 0. The van der Waals surface area contributed by atoms with Crippen LogP contribution in [0.25, 0.3) is 0 Å². The lowest BCUT2D eigenvalue weighted by Crippen LogP contribution is -2.45. The maximum absolute atomic E-state index is 13.6. The number of carbonyl (C=O) groups is 3. The first-order chi connectivity index (χ1) is 15.5. The molecule has 1 saturated carbocycles. The SMILES string of the molecule is COCCCN1C(=O)C[C@@](CC(=O)N(CC2CC2)C[C@@H]2CCCO2)(c2ccccc2)C1=O. The van der Waals surface area contributed by atoms with Gasteiger partial charge in [0.2, 0.25) is 17.7 Å². The summed E-state index contributed by atoms with van der Waals surface area (Å²) in [7, 11) is 1.60. The van der Waals surface area contributed by atoms with Crippen LogP contribution in [0.3, 0.4) is 0 Å². The van der Waals surface area contributed by atoms with E-state index in [0.29, 0.717) is 38.6 Å². The Labute approximate surface area is 190 Å². The fourth-order valence-corrected chi connectivity index (χ4v) is 4.91. The van der Waals surface area contributed by atoms with Crippen LogP contribution in [0.5, 0.6) is 0 Å². The molecule has 1 aromatic carbocycles. The largest absolute Gasteiger partial charge is 0.385 e. The molecule has 0 N–H and O–H groups in total. The van der Waals surface area contributed by atoms with Crippen LogP contribution in [0.2, 0.25) is 0 Å². The molecule has 3 amide bonds. The fourth-order valence-electron chi connectivity index (χ4n) is 4.91. The molecule has 174 valence electrons. The molecule has 7 heteroatoms. The van der Waals surface area contributed by atoms with Gasteiger partial charge in [-0.15, -0.1) is 0 Å². The summed E-state index contributed by atoms with van der Waals surface area (Å²) >= 11 is 0. The summed E-state index contributed by atoms with van der Waals surface area (Å²) in [4.78, 5) is 43.4. The zero-order valence-corrected chi connectivity index (χ0v) is 19.0. The van der Waals surface area contributed by atoms with Crippen molar-refractivity contribution in [3.8, 4) is 0 Å². The summed E-state index contributed by atoms with van der Waals surface area (Å²) in [5.41, 5.74) is -0.398. The number of methoxy groups -OCH3 is 1. The van der Waals surface area contributed by atoms with Gasteiger partial charge in [-0.3, -0.25) is 19.3 Å². The molecule has 7 nitrogen and oxygen atoms in total. The van der Waals surface area contributed by atoms with Crippen molar-refractivity contribution in [2.24, 2.45) is 5.92 Å². The molecule has 0 aromatic heterocycles. The first-order valence-electron chi connectivity index (χ1n) is 11.8. The van der Waals surface area contributed by atoms with Crippen LogP contribution in [-0.2, 0) is 29.3 Å². The summed E-state index contributed by atoms with van der Waals surface area (Å²) in [5.74, 6) is 0.00731. The number of imide groups is 1. The summed E-state index contributed by atoms with van der Waals surface area (Å²) < 4.78 is 10.9. The molecule has 2 atom stereocenters. The van der Waals surface area contributed by atoms with Gasteiger partial charge >= 0.3 is 0 Å². The van der Waals surface area contributed by atoms with Crippen molar-refractivity contribution >= 4 is 17.7 Å². The van der Waals surface area contributed by atoms with E-state index in [1.165, 1.54) is 4.90 Å². The smallest absolute Gasteiger partial charge is 0.240 e. The van der Waals surface area contributed by atoms with E-state index in [1.54, 1.807) is 7.11 Å². The van der Waals surface area contributed by atoms with Gasteiger partial charge in [-0.2, -0.15) is 0 Å². The summed E-state index contributed by atoms with van der Waals surface area (Å²) in [6.45, 7) is 2.82. The number of carbonyl (C=O) groups excluding carboxylic acids is 3. The van der Waals surface area contributed by atoms with Crippen molar-refractivity contribution in [2.75, 3.05) is 40.0 Å². The van der Waals surface area contributed by atoms with E-state index < -0.39 is 5.41 Å². The molecule has 2 aliphatic heterocycles. The maximum Gasteiger partial charge on any atom is 0.240 e. The number of ether oxygens (including phenoxy) is 2. The molecule has 0 radical (unpaired) electrons.